The maximum absolute atomic E-state index is 12.6. The van der Waals surface area contributed by atoms with E-state index in [-0.39, 0.29) is 16.4 Å². The van der Waals surface area contributed by atoms with Crippen molar-refractivity contribution in [3.63, 3.8) is 0 Å². The average Bonchev–Trinajstić information content (AvgIpc) is 3.27. The standard InChI is InChI=1S/C25H21BrN4O4S/c1-3-14(2)15-7-10-22-21(12-15)28-24(34-22)16-5-4-6-17(11-16)27-25(35)29-23(31)19-13-18(30(32)33)8-9-20(19)26/h4-14H,3H2,1-2H3,(H2,27,29,31,35)/t14-/m0/s1. The van der Waals surface area contributed by atoms with Gasteiger partial charge in [-0.1, -0.05) is 26.0 Å². The van der Waals surface area contributed by atoms with E-state index in [4.69, 9.17) is 16.6 Å². The van der Waals surface area contributed by atoms with Crippen LogP contribution in [-0.2, 0) is 0 Å². The Morgan fingerprint density at radius 2 is 2.00 bits per heavy atom. The lowest BCUT2D eigenvalue weighted by atomic mass is 9.98. The van der Waals surface area contributed by atoms with Crippen molar-refractivity contribution < 1.29 is 14.1 Å². The van der Waals surface area contributed by atoms with E-state index in [1.807, 2.05) is 24.3 Å². The van der Waals surface area contributed by atoms with Crippen LogP contribution in [0.3, 0.4) is 0 Å². The summed E-state index contributed by atoms with van der Waals surface area (Å²) in [6.07, 6.45) is 1.04. The first kappa shape index (κ1) is 24.5. The summed E-state index contributed by atoms with van der Waals surface area (Å²) >= 11 is 8.51. The van der Waals surface area contributed by atoms with Gasteiger partial charge in [0.2, 0.25) is 5.89 Å². The van der Waals surface area contributed by atoms with Crippen molar-refractivity contribution in [2.24, 2.45) is 0 Å². The van der Waals surface area contributed by atoms with Gasteiger partial charge in [-0.2, -0.15) is 0 Å². The van der Waals surface area contributed by atoms with Crippen LogP contribution in [0.1, 0.15) is 42.1 Å². The van der Waals surface area contributed by atoms with Gasteiger partial charge >= 0.3 is 0 Å². The van der Waals surface area contributed by atoms with E-state index in [0.29, 0.717) is 27.6 Å². The van der Waals surface area contributed by atoms with Crippen LogP contribution in [0.25, 0.3) is 22.6 Å². The molecule has 35 heavy (non-hydrogen) atoms. The Balaban J connectivity index is 1.50. The fourth-order valence-corrected chi connectivity index (χ4v) is 4.11. The number of halogens is 1. The topological polar surface area (TPSA) is 110 Å². The zero-order chi connectivity index (χ0) is 25.1. The first-order valence-electron chi connectivity index (χ1n) is 10.8. The summed E-state index contributed by atoms with van der Waals surface area (Å²) in [5.74, 6) is 0.330. The predicted octanol–water partition coefficient (Wildman–Crippen LogP) is 6.81. The van der Waals surface area contributed by atoms with Crippen LogP contribution in [0.4, 0.5) is 11.4 Å². The highest BCUT2D eigenvalue weighted by molar-refractivity contribution is 9.10. The van der Waals surface area contributed by atoms with Crippen molar-refractivity contribution in [2.45, 2.75) is 26.2 Å². The molecule has 4 aromatic rings. The van der Waals surface area contributed by atoms with Crippen molar-refractivity contribution in [2.75, 3.05) is 5.32 Å². The molecule has 0 aliphatic carbocycles. The number of aromatic nitrogens is 1. The quantitative estimate of drug-likeness (QED) is 0.153. The van der Waals surface area contributed by atoms with Crippen LogP contribution >= 0.6 is 28.1 Å². The Labute approximate surface area is 215 Å². The third kappa shape index (κ3) is 5.55. The Kier molecular flexibility index (Phi) is 7.23. The number of non-ortho nitro benzene ring substituents is 1. The van der Waals surface area contributed by atoms with Crippen LogP contribution in [-0.4, -0.2) is 20.9 Å². The second-order valence-electron chi connectivity index (χ2n) is 7.97. The smallest absolute Gasteiger partial charge is 0.270 e. The normalized spacial score (nSPS) is 11.7. The molecule has 0 spiro atoms. The molecule has 10 heteroatoms. The van der Waals surface area contributed by atoms with Crippen molar-refractivity contribution in [3.05, 3.63) is 86.4 Å². The Hall–Kier alpha value is -3.63. The number of oxazole rings is 1. The summed E-state index contributed by atoms with van der Waals surface area (Å²) in [5.41, 5.74) is 3.98. The molecule has 0 unspecified atom stereocenters. The monoisotopic (exact) mass is 552 g/mol. The van der Waals surface area contributed by atoms with Crippen LogP contribution < -0.4 is 10.6 Å². The maximum Gasteiger partial charge on any atom is 0.270 e. The number of anilines is 1. The highest BCUT2D eigenvalue weighted by Gasteiger charge is 2.17. The van der Waals surface area contributed by atoms with E-state index in [1.54, 1.807) is 6.07 Å². The molecule has 0 saturated heterocycles. The molecular weight excluding hydrogens is 532 g/mol. The largest absolute Gasteiger partial charge is 0.436 e. The van der Waals surface area contributed by atoms with Gasteiger partial charge in [-0.05, 0) is 82.4 Å². The fourth-order valence-electron chi connectivity index (χ4n) is 3.47. The summed E-state index contributed by atoms with van der Waals surface area (Å²) in [6, 6.07) is 17.3. The van der Waals surface area contributed by atoms with E-state index in [0.717, 1.165) is 17.5 Å². The van der Waals surface area contributed by atoms with Gasteiger partial charge in [-0.3, -0.25) is 20.2 Å². The third-order valence-corrected chi connectivity index (χ3v) is 6.49. The van der Waals surface area contributed by atoms with Gasteiger partial charge in [0.1, 0.15) is 5.52 Å². The number of nitro benzene ring substituents is 1. The number of carbonyl (C=O) groups is 1. The number of nitrogens with one attached hydrogen (secondary N) is 2. The SMILES string of the molecule is CC[C@H](C)c1ccc2oc(-c3cccc(NC(=S)NC(=O)c4cc([N+](=O)[O-])ccc4Br)c3)nc2c1. The van der Waals surface area contributed by atoms with Crippen molar-refractivity contribution in [1.29, 1.82) is 0 Å². The lowest BCUT2D eigenvalue weighted by Gasteiger charge is -2.11. The minimum Gasteiger partial charge on any atom is -0.436 e. The molecule has 1 atom stereocenters. The van der Waals surface area contributed by atoms with E-state index >= 15 is 0 Å². The third-order valence-electron chi connectivity index (χ3n) is 5.59. The summed E-state index contributed by atoms with van der Waals surface area (Å²) < 4.78 is 6.36. The zero-order valence-electron chi connectivity index (χ0n) is 18.9. The molecule has 178 valence electrons. The van der Waals surface area contributed by atoms with Gasteiger partial charge in [0.25, 0.3) is 11.6 Å². The van der Waals surface area contributed by atoms with Gasteiger partial charge in [0.05, 0.1) is 10.5 Å². The first-order chi connectivity index (χ1) is 16.7. The number of nitro groups is 1. The molecule has 1 amide bonds. The molecule has 4 rings (SSSR count). The van der Waals surface area contributed by atoms with Crippen LogP contribution in [0.5, 0.6) is 0 Å². The first-order valence-corrected chi connectivity index (χ1v) is 12.0. The highest BCUT2D eigenvalue weighted by Crippen LogP contribution is 2.29. The van der Waals surface area contributed by atoms with Crippen molar-refractivity contribution >= 4 is 61.6 Å². The molecule has 1 heterocycles. The summed E-state index contributed by atoms with van der Waals surface area (Å²) in [6.45, 7) is 4.33. The Bertz CT molecular complexity index is 1450. The number of nitrogens with zero attached hydrogens (tertiary/aromatic N) is 2. The summed E-state index contributed by atoms with van der Waals surface area (Å²) in [4.78, 5) is 27.7. The molecule has 0 aliphatic heterocycles. The van der Waals surface area contributed by atoms with Crippen LogP contribution in [0.2, 0.25) is 0 Å². The molecule has 0 saturated carbocycles. The van der Waals surface area contributed by atoms with E-state index in [1.165, 1.54) is 23.8 Å². The minimum atomic E-state index is -0.578. The number of thiocarbonyl (C=S) groups is 1. The van der Waals surface area contributed by atoms with Gasteiger partial charge in [0.15, 0.2) is 10.7 Å². The van der Waals surface area contributed by atoms with Crippen molar-refractivity contribution in [3.8, 4) is 11.5 Å². The molecule has 3 aromatic carbocycles. The van der Waals surface area contributed by atoms with E-state index in [2.05, 4.69) is 57.5 Å². The highest BCUT2D eigenvalue weighted by atomic mass is 79.9. The Morgan fingerprint density at radius 3 is 2.74 bits per heavy atom. The summed E-state index contributed by atoms with van der Waals surface area (Å²) in [5, 5.41) is 16.6. The number of hydrogen-bond acceptors (Lipinski definition) is 6. The summed E-state index contributed by atoms with van der Waals surface area (Å²) in [7, 11) is 0. The molecule has 8 nitrogen and oxygen atoms in total. The molecule has 2 N–H and O–H groups in total. The predicted molar refractivity (Wildman–Crippen MR) is 143 cm³/mol. The van der Waals surface area contributed by atoms with Gasteiger partial charge in [-0.25, -0.2) is 4.98 Å². The zero-order valence-corrected chi connectivity index (χ0v) is 21.3. The number of rotatable bonds is 6. The van der Waals surface area contributed by atoms with Gasteiger partial charge < -0.3 is 9.73 Å². The number of carbonyl (C=O) groups excluding carboxylic acids is 1. The number of benzene rings is 3. The lowest BCUT2D eigenvalue weighted by molar-refractivity contribution is -0.384. The molecule has 0 aliphatic rings. The number of hydrogen-bond donors (Lipinski definition) is 2. The molecule has 1 aromatic heterocycles. The van der Waals surface area contributed by atoms with Crippen LogP contribution in [0.15, 0.2) is 69.6 Å². The molecule has 0 radical (unpaired) electrons. The molecule has 0 bridgehead atoms. The minimum absolute atomic E-state index is 0.0429. The van der Waals surface area contributed by atoms with E-state index < -0.39 is 10.8 Å². The number of fused-ring (bicyclic) bond motifs is 1. The lowest BCUT2D eigenvalue weighted by Crippen LogP contribution is -2.34. The second kappa shape index (κ2) is 10.3. The Morgan fingerprint density at radius 1 is 1.20 bits per heavy atom. The second-order valence-corrected chi connectivity index (χ2v) is 9.23. The maximum atomic E-state index is 12.6. The van der Waals surface area contributed by atoms with Crippen molar-refractivity contribution in [1.82, 2.24) is 10.3 Å². The van der Waals surface area contributed by atoms with Gasteiger partial charge in [-0.15, -0.1) is 0 Å². The molecule has 0 fully saturated rings. The fraction of sp³-hybridized carbons (Fsp3) is 0.160. The van der Waals surface area contributed by atoms with E-state index in [9.17, 15) is 14.9 Å². The number of amides is 1. The van der Waals surface area contributed by atoms with Crippen LogP contribution in [0, 0.1) is 10.1 Å². The van der Waals surface area contributed by atoms with Gasteiger partial charge in [0, 0.05) is 27.9 Å². The average molecular weight is 553 g/mol. The molecular formula is C25H21BrN4O4S.